The van der Waals surface area contributed by atoms with Crippen LogP contribution in [0.1, 0.15) is 43.4 Å². The minimum absolute atomic E-state index is 0.223. The average molecular weight is 260 g/mol. The highest BCUT2D eigenvalue weighted by Gasteiger charge is 2.32. The molecule has 1 heterocycles. The second-order valence-corrected chi connectivity index (χ2v) is 6.33. The summed E-state index contributed by atoms with van der Waals surface area (Å²) in [6.45, 7) is 2.87. The van der Waals surface area contributed by atoms with Gasteiger partial charge in [0.05, 0.1) is 10.4 Å². The first-order chi connectivity index (χ1) is 8.75. The maximum atomic E-state index is 6.11. The minimum atomic E-state index is 0.223. The van der Waals surface area contributed by atoms with Gasteiger partial charge in [-0.05, 0) is 49.0 Å². The summed E-state index contributed by atoms with van der Waals surface area (Å²) < 4.78 is 5.73. The van der Waals surface area contributed by atoms with E-state index in [0.717, 1.165) is 12.2 Å². The van der Waals surface area contributed by atoms with Crippen LogP contribution in [0, 0.1) is 6.92 Å². The van der Waals surface area contributed by atoms with Crippen LogP contribution in [0.25, 0.3) is 10.1 Å². The van der Waals surface area contributed by atoms with E-state index in [1.165, 1.54) is 47.8 Å². The lowest BCUT2D eigenvalue weighted by atomic mass is 9.69. The normalized spacial score (nSPS) is 19.2. The minimum Gasteiger partial charge on any atom is -0.330 e. The van der Waals surface area contributed by atoms with Gasteiger partial charge in [-0.15, -0.1) is 0 Å². The van der Waals surface area contributed by atoms with Crippen LogP contribution < -0.4 is 5.73 Å². The number of nitrogens with zero attached hydrogens (tertiary/aromatic N) is 1. The number of benzene rings is 1. The van der Waals surface area contributed by atoms with E-state index in [2.05, 4.69) is 29.5 Å². The van der Waals surface area contributed by atoms with Crippen molar-refractivity contribution in [1.29, 1.82) is 0 Å². The molecule has 96 valence electrons. The molecule has 1 aromatic carbocycles. The van der Waals surface area contributed by atoms with E-state index in [0.29, 0.717) is 0 Å². The molecule has 18 heavy (non-hydrogen) atoms. The highest BCUT2D eigenvalue weighted by molar-refractivity contribution is 7.13. The fourth-order valence-electron chi connectivity index (χ4n) is 3.23. The van der Waals surface area contributed by atoms with E-state index in [1.54, 1.807) is 11.5 Å². The summed E-state index contributed by atoms with van der Waals surface area (Å²) in [6, 6.07) is 6.84. The van der Waals surface area contributed by atoms with Crippen LogP contribution in [0.15, 0.2) is 18.2 Å². The maximum absolute atomic E-state index is 6.11. The summed E-state index contributed by atoms with van der Waals surface area (Å²) >= 11 is 1.59. The van der Waals surface area contributed by atoms with Crippen LogP contribution in [0.2, 0.25) is 0 Å². The molecule has 0 spiro atoms. The molecular weight excluding hydrogens is 240 g/mol. The number of aromatic nitrogens is 1. The van der Waals surface area contributed by atoms with Gasteiger partial charge >= 0.3 is 0 Å². The molecule has 0 bridgehead atoms. The summed E-state index contributed by atoms with van der Waals surface area (Å²) in [5, 5.41) is 1.32. The molecule has 2 nitrogen and oxygen atoms in total. The van der Waals surface area contributed by atoms with E-state index < -0.39 is 0 Å². The Balaban J connectivity index is 2.08. The Morgan fingerprint density at radius 1 is 1.28 bits per heavy atom. The van der Waals surface area contributed by atoms with Gasteiger partial charge in [-0.1, -0.05) is 25.3 Å². The predicted octanol–water partition coefficient (Wildman–Crippen LogP) is 3.77. The van der Waals surface area contributed by atoms with Crippen molar-refractivity contribution in [2.75, 3.05) is 6.54 Å². The van der Waals surface area contributed by atoms with E-state index in [1.807, 2.05) is 0 Å². The maximum Gasteiger partial charge on any atom is 0.0589 e. The molecule has 1 aromatic heterocycles. The first-order valence-corrected chi connectivity index (χ1v) is 7.59. The Hall–Kier alpha value is -0.930. The van der Waals surface area contributed by atoms with Crippen molar-refractivity contribution in [2.45, 2.75) is 44.4 Å². The summed E-state index contributed by atoms with van der Waals surface area (Å²) in [5.41, 5.74) is 8.92. The molecule has 1 saturated carbocycles. The standard InChI is InChI=1S/C15H20N2S/c1-11-13-9-12(5-6-14(13)18-17-11)15(10-16)7-3-2-4-8-15/h5-6,9H,2-4,7-8,10,16H2,1H3. The van der Waals surface area contributed by atoms with Gasteiger partial charge in [-0.25, -0.2) is 0 Å². The van der Waals surface area contributed by atoms with Gasteiger partial charge in [0.15, 0.2) is 0 Å². The topological polar surface area (TPSA) is 38.9 Å². The SMILES string of the molecule is Cc1nsc2ccc(C3(CN)CCCCC3)cc12. The molecule has 0 saturated heterocycles. The summed E-state index contributed by atoms with van der Waals surface area (Å²) in [7, 11) is 0. The third kappa shape index (κ3) is 1.86. The molecule has 0 atom stereocenters. The third-order valence-corrected chi connectivity index (χ3v) is 5.38. The predicted molar refractivity (Wildman–Crippen MR) is 78.2 cm³/mol. The quantitative estimate of drug-likeness (QED) is 0.892. The highest BCUT2D eigenvalue weighted by Crippen LogP contribution is 2.40. The molecule has 3 rings (SSSR count). The first kappa shape index (κ1) is 12.1. The van der Waals surface area contributed by atoms with Crippen LogP contribution in [-0.2, 0) is 5.41 Å². The van der Waals surface area contributed by atoms with Crippen molar-refractivity contribution in [3.63, 3.8) is 0 Å². The third-order valence-electron chi connectivity index (χ3n) is 4.46. The van der Waals surface area contributed by atoms with Crippen molar-refractivity contribution in [3.8, 4) is 0 Å². The van der Waals surface area contributed by atoms with Gasteiger partial charge in [0.25, 0.3) is 0 Å². The molecule has 0 radical (unpaired) electrons. The molecule has 1 aliphatic carbocycles. The fourth-order valence-corrected chi connectivity index (χ4v) is 4.00. The zero-order chi connectivity index (χ0) is 12.6. The van der Waals surface area contributed by atoms with Crippen molar-refractivity contribution in [1.82, 2.24) is 4.37 Å². The Kier molecular flexibility index (Phi) is 3.12. The second-order valence-electron chi connectivity index (χ2n) is 5.52. The number of hydrogen-bond acceptors (Lipinski definition) is 3. The number of nitrogens with two attached hydrogens (primary N) is 1. The van der Waals surface area contributed by atoms with Gasteiger partial charge in [-0.2, -0.15) is 4.37 Å². The van der Waals surface area contributed by atoms with Crippen molar-refractivity contribution in [2.24, 2.45) is 5.73 Å². The first-order valence-electron chi connectivity index (χ1n) is 6.82. The second kappa shape index (κ2) is 4.63. The zero-order valence-corrected chi connectivity index (χ0v) is 11.7. The molecule has 1 aliphatic rings. The number of aryl methyl sites for hydroxylation is 1. The summed E-state index contributed by atoms with van der Waals surface area (Å²) in [4.78, 5) is 0. The smallest absolute Gasteiger partial charge is 0.0589 e. The largest absolute Gasteiger partial charge is 0.330 e. The Morgan fingerprint density at radius 2 is 2.06 bits per heavy atom. The van der Waals surface area contributed by atoms with E-state index >= 15 is 0 Å². The van der Waals surface area contributed by atoms with E-state index in [9.17, 15) is 0 Å². The number of hydrogen-bond donors (Lipinski definition) is 1. The van der Waals surface area contributed by atoms with Gasteiger partial charge in [0, 0.05) is 17.3 Å². The van der Waals surface area contributed by atoms with Crippen LogP contribution >= 0.6 is 11.5 Å². The molecular formula is C15H20N2S. The monoisotopic (exact) mass is 260 g/mol. The van der Waals surface area contributed by atoms with Gasteiger partial charge in [0.2, 0.25) is 0 Å². The molecule has 0 aliphatic heterocycles. The van der Waals surface area contributed by atoms with Crippen LogP contribution in [0.4, 0.5) is 0 Å². The van der Waals surface area contributed by atoms with E-state index in [4.69, 9.17) is 5.73 Å². The Labute approximate surface area is 112 Å². The Bertz CT molecular complexity index is 553. The van der Waals surface area contributed by atoms with E-state index in [-0.39, 0.29) is 5.41 Å². The van der Waals surface area contributed by atoms with Crippen LogP contribution in [-0.4, -0.2) is 10.9 Å². The van der Waals surface area contributed by atoms with Gasteiger partial charge < -0.3 is 5.73 Å². The lowest BCUT2D eigenvalue weighted by Crippen LogP contribution is -2.37. The van der Waals surface area contributed by atoms with Gasteiger partial charge in [-0.3, -0.25) is 0 Å². The fraction of sp³-hybridized carbons (Fsp3) is 0.533. The average Bonchev–Trinajstić information content (AvgIpc) is 2.81. The lowest BCUT2D eigenvalue weighted by Gasteiger charge is -2.37. The van der Waals surface area contributed by atoms with Crippen LogP contribution in [0.3, 0.4) is 0 Å². The number of fused-ring (bicyclic) bond motifs is 1. The highest BCUT2D eigenvalue weighted by atomic mass is 32.1. The van der Waals surface area contributed by atoms with Crippen molar-refractivity contribution in [3.05, 3.63) is 29.5 Å². The van der Waals surface area contributed by atoms with Gasteiger partial charge in [0.1, 0.15) is 0 Å². The van der Waals surface area contributed by atoms with Crippen molar-refractivity contribution < 1.29 is 0 Å². The van der Waals surface area contributed by atoms with Crippen molar-refractivity contribution >= 4 is 21.6 Å². The molecule has 0 amide bonds. The molecule has 2 aromatic rings. The molecule has 0 unspecified atom stereocenters. The molecule has 3 heteroatoms. The summed E-state index contributed by atoms with van der Waals surface area (Å²) in [5.74, 6) is 0. The molecule has 1 fully saturated rings. The summed E-state index contributed by atoms with van der Waals surface area (Å²) in [6.07, 6.45) is 6.48. The Morgan fingerprint density at radius 3 is 2.78 bits per heavy atom. The lowest BCUT2D eigenvalue weighted by molar-refractivity contribution is 0.301. The zero-order valence-electron chi connectivity index (χ0n) is 10.9. The number of rotatable bonds is 2. The van der Waals surface area contributed by atoms with Crippen LogP contribution in [0.5, 0.6) is 0 Å². The molecule has 2 N–H and O–H groups in total.